The van der Waals surface area contributed by atoms with Crippen LogP contribution in [0.5, 0.6) is 34.5 Å². The molecular formula is C75H72N18O6. The highest BCUT2D eigenvalue weighted by Crippen LogP contribution is 2.40. The number of hydrogen-bond donors (Lipinski definition) is 4. The summed E-state index contributed by atoms with van der Waals surface area (Å²) in [6.07, 6.45) is 14.2. The number of hydrogen-bond acceptors (Lipinski definition) is 18. The van der Waals surface area contributed by atoms with Gasteiger partial charge in [-0.15, -0.1) is 0 Å². The van der Waals surface area contributed by atoms with Crippen LogP contribution in [-0.2, 0) is 14.4 Å². The monoisotopic (exact) mass is 1320 g/mol. The van der Waals surface area contributed by atoms with Gasteiger partial charge in [0.1, 0.15) is 88.0 Å². The maximum Gasteiger partial charge on any atom is 0.246 e. The Morgan fingerprint density at radius 2 is 0.717 bits per heavy atom. The smallest absolute Gasteiger partial charge is 0.246 e. The van der Waals surface area contributed by atoms with Crippen LogP contribution in [0.15, 0.2) is 221 Å². The second-order valence-electron chi connectivity index (χ2n) is 24.0. The predicted molar refractivity (Wildman–Crippen MR) is 380 cm³/mol. The number of carbonyl (C=O) groups excluding carboxylic acids is 3. The number of carbonyl (C=O) groups is 3. The molecule has 2 aliphatic heterocycles. The minimum atomic E-state index is -0.129. The average molecular weight is 1320 g/mol. The number of nitrogens with zero attached hydrogens (tertiary/aromatic N) is 14. The summed E-state index contributed by atoms with van der Waals surface area (Å²) in [6.45, 7) is 13.2. The Bertz CT molecular complexity index is 4860. The highest BCUT2D eigenvalue weighted by Gasteiger charge is 2.32. The minimum absolute atomic E-state index is 0.00476. The first-order valence-corrected chi connectivity index (χ1v) is 32.6. The van der Waals surface area contributed by atoms with E-state index in [2.05, 4.69) is 55.0 Å². The molecule has 99 heavy (non-hydrogen) atoms. The highest BCUT2D eigenvalue weighted by molar-refractivity contribution is 6.00. The van der Waals surface area contributed by atoms with Gasteiger partial charge in [-0.05, 0) is 172 Å². The van der Waals surface area contributed by atoms with Crippen molar-refractivity contribution in [3.8, 4) is 68.3 Å². The second kappa shape index (κ2) is 29.6. The molecule has 3 aliphatic rings. The fraction of sp³-hybridized carbons (Fsp3) is 0.200. The van der Waals surface area contributed by atoms with Crippen molar-refractivity contribution in [3.63, 3.8) is 0 Å². The van der Waals surface area contributed by atoms with E-state index in [1.54, 1.807) is 4.90 Å². The summed E-state index contributed by atoms with van der Waals surface area (Å²) in [5.41, 5.74) is 25.7. The fourth-order valence-electron chi connectivity index (χ4n) is 12.7. The lowest BCUT2D eigenvalue weighted by atomic mass is 9.91. The number of benzene rings is 6. The zero-order valence-corrected chi connectivity index (χ0v) is 54.2. The number of piperidine rings is 1. The summed E-state index contributed by atoms with van der Waals surface area (Å²) in [5, 5.41) is 19.9. The Labute approximate surface area is 570 Å². The van der Waals surface area contributed by atoms with Gasteiger partial charge in [-0.3, -0.25) is 14.4 Å². The van der Waals surface area contributed by atoms with E-state index in [1.165, 1.54) is 37.2 Å². The van der Waals surface area contributed by atoms with Gasteiger partial charge in [0.15, 0.2) is 16.9 Å². The molecule has 0 radical (unpaired) electrons. The van der Waals surface area contributed by atoms with Crippen molar-refractivity contribution in [2.75, 3.05) is 43.4 Å². The number of likely N-dealkylation sites (tertiary alicyclic amines) is 2. The number of nitrogen functional groups attached to an aromatic ring is 3. The number of anilines is 3. The number of rotatable bonds is 16. The maximum atomic E-state index is 12.0. The average Bonchev–Trinajstić information content (AvgIpc) is 1.63. The Hall–Kier alpha value is -12.6. The molecule has 0 spiro atoms. The van der Waals surface area contributed by atoms with Gasteiger partial charge in [-0.25, -0.2) is 43.9 Å². The van der Waals surface area contributed by atoms with Crippen LogP contribution in [0, 0.1) is 0 Å². The van der Waals surface area contributed by atoms with E-state index in [0.717, 1.165) is 124 Å². The van der Waals surface area contributed by atoms with Crippen LogP contribution in [0.1, 0.15) is 63.1 Å². The van der Waals surface area contributed by atoms with Gasteiger partial charge in [-0.1, -0.05) is 74.3 Å². The first-order chi connectivity index (χ1) is 48.4. The molecule has 24 nitrogen and oxygen atoms in total. The normalized spacial score (nSPS) is 16.0. The van der Waals surface area contributed by atoms with E-state index in [1.807, 2.05) is 183 Å². The quantitative estimate of drug-likeness (QED) is 0.0653. The van der Waals surface area contributed by atoms with Crippen LogP contribution in [-0.4, -0.2) is 119 Å². The Balaban J connectivity index is 0.000000133. The minimum Gasteiger partial charge on any atom is -0.457 e. The van der Waals surface area contributed by atoms with Gasteiger partial charge in [0.25, 0.3) is 0 Å². The molecule has 15 rings (SSSR count). The lowest BCUT2D eigenvalue weighted by Crippen LogP contribution is -2.38. The second-order valence-corrected chi connectivity index (χ2v) is 24.0. The molecule has 24 heteroatoms. The third-order valence-electron chi connectivity index (χ3n) is 17.7. The SMILES string of the molecule is C=CC(=O)N1CCC(n2nc(-c3ccc(Oc4ccccc4)cc3)c3c(N)ncnc32)C1.C=CC(=O)N1CCC(n2nc(-c3ccc(Oc4ccccc4)cc3)c3c(N)ncnc32)CC1.C=CC(=O)NC1CCC(n2nc(-c3ccc(Oc4ccccc4)cc3)c3c(N)ncnc32)CC1. The van der Waals surface area contributed by atoms with E-state index in [9.17, 15) is 14.4 Å². The summed E-state index contributed by atoms with van der Waals surface area (Å²) >= 11 is 0. The van der Waals surface area contributed by atoms with Crippen molar-refractivity contribution in [2.24, 2.45) is 0 Å². The van der Waals surface area contributed by atoms with E-state index in [-0.39, 0.29) is 41.9 Å². The zero-order valence-electron chi connectivity index (χ0n) is 54.2. The predicted octanol–water partition coefficient (Wildman–Crippen LogP) is 12.7. The number of nitrogens with one attached hydrogen (secondary N) is 1. The van der Waals surface area contributed by atoms with Crippen molar-refractivity contribution in [2.45, 2.75) is 69.1 Å². The van der Waals surface area contributed by atoms with E-state index in [0.29, 0.717) is 66.0 Å². The molecule has 0 bridgehead atoms. The topological polar surface area (TPSA) is 306 Å². The number of para-hydroxylation sites is 3. The van der Waals surface area contributed by atoms with Crippen molar-refractivity contribution in [1.29, 1.82) is 0 Å². The molecule has 1 atom stereocenters. The van der Waals surface area contributed by atoms with Crippen LogP contribution in [0.4, 0.5) is 17.5 Å². The highest BCUT2D eigenvalue weighted by atomic mass is 16.5. The summed E-state index contributed by atoms with van der Waals surface area (Å²) in [6, 6.07) is 52.5. The van der Waals surface area contributed by atoms with E-state index < -0.39 is 0 Å². The maximum absolute atomic E-state index is 12.0. The number of amides is 3. The van der Waals surface area contributed by atoms with Crippen LogP contribution in [0.3, 0.4) is 0 Å². The molecule has 6 aromatic heterocycles. The molecule has 8 heterocycles. The lowest BCUT2D eigenvalue weighted by molar-refractivity contribution is -0.127. The van der Waals surface area contributed by atoms with Crippen molar-refractivity contribution in [1.82, 2.24) is 74.4 Å². The number of fused-ring (bicyclic) bond motifs is 3. The van der Waals surface area contributed by atoms with E-state index in [4.69, 9.17) is 46.7 Å². The van der Waals surface area contributed by atoms with Gasteiger partial charge < -0.3 is 46.5 Å². The third kappa shape index (κ3) is 14.5. The fourth-order valence-corrected chi connectivity index (χ4v) is 12.7. The summed E-state index contributed by atoms with van der Waals surface area (Å²) in [5.74, 6) is 5.45. The molecule has 2 saturated heterocycles. The number of aromatic nitrogens is 12. The molecule has 498 valence electrons. The van der Waals surface area contributed by atoms with Crippen LogP contribution in [0.25, 0.3) is 66.9 Å². The molecule has 3 amide bonds. The first kappa shape index (κ1) is 65.1. The largest absolute Gasteiger partial charge is 0.457 e. The van der Waals surface area contributed by atoms with Crippen molar-refractivity contribution >= 4 is 68.3 Å². The standard InChI is InChI=1S/C26H26N6O2.C25H24N6O2.C24H22N6O2/c1-2-22(33)30-18-10-12-19(13-11-18)32-26-23(25(27)28-16-29-26)24(31-32)17-8-14-21(15-9-17)34-20-6-4-3-5-7-20;1-2-21(32)30-14-12-18(13-15-30)31-25-22(24(26)27-16-28-25)23(29-31)17-8-10-20(11-9-17)33-19-6-4-3-5-7-19;1-2-20(31)29-13-12-17(14-29)30-24-21(23(25)26-15-27-24)22(28-30)16-8-10-19(11-9-16)32-18-6-4-3-5-7-18/h2-9,14-16,18-19H,1,10-13H2,(H,30,33)(H2,27,28,29);2-11,16,18H,1,12-15H2,(H2,26,27,28);2-11,15,17H,1,12-14H2,(H2,25,26,27). The van der Waals surface area contributed by atoms with Gasteiger partial charge in [-0.2, -0.15) is 15.3 Å². The number of nitrogens with two attached hydrogens (primary N) is 3. The summed E-state index contributed by atoms with van der Waals surface area (Å²) in [4.78, 5) is 65.2. The molecule has 3 fully saturated rings. The summed E-state index contributed by atoms with van der Waals surface area (Å²) in [7, 11) is 0. The zero-order chi connectivity index (χ0) is 68.4. The van der Waals surface area contributed by atoms with Gasteiger partial charge >= 0.3 is 0 Å². The molecule has 1 saturated carbocycles. The Morgan fingerprint density at radius 1 is 0.394 bits per heavy atom. The summed E-state index contributed by atoms with van der Waals surface area (Å²) < 4.78 is 23.5. The van der Waals surface area contributed by atoms with Crippen LogP contribution in [0.2, 0.25) is 0 Å². The van der Waals surface area contributed by atoms with Gasteiger partial charge in [0, 0.05) is 48.9 Å². The Morgan fingerprint density at radius 3 is 1.08 bits per heavy atom. The number of ether oxygens (including phenoxy) is 3. The molecule has 12 aromatic rings. The van der Waals surface area contributed by atoms with E-state index >= 15 is 0 Å². The lowest BCUT2D eigenvalue weighted by Gasteiger charge is -2.31. The van der Waals surface area contributed by atoms with Crippen molar-refractivity contribution in [3.05, 3.63) is 221 Å². The molecule has 1 unspecified atom stereocenters. The Kier molecular flexibility index (Phi) is 19.4. The first-order valence-electron chi connectivity index (χ1n) is 32.6. The molecule has 6 aromatic carbocycles. The van der Waals surface area contributed by atoms with Crippen molar-refractivity contribution < 1.29 is 28.6 Å². The van der Waals surface area contributed by atoms with Gasteiger partial charge in [0.05, 0.1) is 34.3 Å². The molecular weight excluding hydrogens is 1250 g/mol. The molecule has 1 aliphatic carbocycles. The molecule has 7 N–H and O–H groups in total. The van der Waals surface area contributed by atoms with Crippen LogP contribution >= 0.6 is 0 Å². The van der Waals surface area contributed by atoms with Crippen LogP contribution < -0.4 is 36.7 Å². The van der Waals surface area contributed by atoms with Gasteiger partial charge in [0.2, 0.25) is 17.7 Å². The third-order valence-corrected chi connectivity index (χ3v) is 17.7.